The first-order chi connectivity index (χ1) is 10.9. The number of likely N-dealkylation sites (tertiary alicyclic amines) is 1. The number of nitrogens with zero attached hydrogens (tertiary/aromatic N) is 2. The summed E-state index contributed by atoms with van der Waals surface area (Å²) >= 11 is 0. The average molecular weight is 324 g/mol. The summed E-state index contributed by atoms with van der Waals surface area (Å²) in [5.74, 6) is -0.108. The number of carbonyl (C=O) groups is 1. The zero-order chi connectivity index (χ0) is 16.6. The van der Waals surface area contributed by atoms with E-state index in [4.69, 9.17) is 4.52 Å². The van der Waals surface area contributed by atoms with Gasteiger partial charge in [-0.3, -0.25) is 4.79 Å². The molecule has 2 heterocycles. The van der Waals surface area contributed by atoms with Crippen LogP contribution in [0, 0.1) is 0 Å². The van der Waals surface area contributed by atoms with Crippen molar-refractivity contribution < 1.29 is 22.5 Å². The van der Waals surface area contributed by atoms with Gasteiger partial charge < -0.3 is 9.42 Å². The number of halogens is 3. The van der Waals surface area contributed by atoms with Crippen LogP contribution in [0.15, 0.2) is 34.9 Å². The highest BCUT2D eigenvalue weighted by Gasteiger charge is 2.31. The molecule has 0 bridgehead atoms. The molecule has 1 aliphatic heterocycles. The van der Waals surface area contributed by atoms with Crippen LogP contribution in [0.4, 0.5) is 13.2 Å². The molecule has 1 aromatic heterocycles. The van der Waals surface area contributed by atoms with E-state index in [9.17, 15) is 18.0 Å². The Morgan fingerprint density at radius 2 is 2.13 bits per heavy atom. The molecule has 0 spiro atoms. The van der Waals surface area contributed by atoms with Gasteiger partial charge in [0, 0.05) is 24.2 Å². The van der Waals surface area contributed by atoms with Crippen molar-refractivity contribution in [2.45, 2.75) is 32.0 Å². The van der Waals surface area contributed by atoms with Crippen molar-refractivity contribution in [1.29, 1.82) is 0 Å². The van der Waals surface area contributed by atoms with Gasteiger partial charge >= 0.3 is 6.18 Å². The van der Waals surface area contributed by atoms with Gasteiger partial charge in [-0.2, -0.15) is 13.2 Å². The fraction of sp³-hybridized carbons (Fsp3) is 0.375. The highest BCUT2D eigenvalue weighted by molar-refractivity contribution is 5.93. The predicted molar refractivity (Wildman–Crippen MR) is 76.7 cm³/mol. The van der Waals surface area contributed by atoms with Crippen molar-refractivity contribution in [3.05, 3.63) is 41.6 Å². The van der Waals surface area contributed by atoms with Crippen LogP contribution < -0.4 is 0 Å². The third kappa shape index (κ3) is 3.09. The van der Waals surface area contributed by atoms with E-state index in [0.29, 0.717) is 6.54 Å². The van der Waals surface area contributed by atoms with Crippen LogP contribution in [-0.4, -0.2) is 28.6 Å². The molecule has 1 unspecified atom stereocenters. The van der Waals surface area contributed by atoms with E-state index < -0.39 is 11.7 Å². The summed E-state index contributed by atoms with van der Waals surface area (Å²) < 4.78 is 43.3. The zero-order valence-electron chi connectivity index (χ0n) is 12.4. The lowest BCUT2D eigenvalue weighted by Gasteiger charge is -2.19. The van der Waals surface area contributed by atoms with Crippen molar-refractivity contribution in [3.8, 4) is 11.3 Å². The topological polar surface area (TPSA) is 46.3 Å². The number of benzene rings is 1. The van der Waals surface area contributed by atoms with Gasteiger partial charge in [0.25, 0.3) is 5.91 Å². The summed E-state index contributed by atoms with van der Waals surface area (Å²) in [4.78, 5) is 14.1. The van der Waals surface area contributed by atoms with Gasteiger partial charge in [-0.15, -0.1) is 0 Å². The lowest BCUT2D eigenvalue weighted by Crippen LogP contribution is -2.33. The molecule has 0 N–H and O–H groups in total. The van der Waals surface area contributed by atoms with Crippen molar-refractivity contribution in [3.63, 3.8) is 0 Å². The second-order valence-corrected chi connectivity index (χ2v) is 5.64. The van der Waals surface area contributed by atoms with Crippen molar-refractivity contribution in [2.24, 2.45) is 0 Å². The monoisotopic (exact) mass is 324 g/mol. The predicted octanol–water partition coefficient (Wildman–Crippen LogP) is 3.98. The van der Waals surface area contributed by atoms with Crippen LogP contribution in [-0.2, 0) is 6.18 Å². The van der Waals surface area contributed by atoms with Gasteiger partial charge in [0.15, 0.2) is 11.5 Å². The first-order valence-corrected chi connectivity index (χ1v) is 7.31. The molecule has 0 aliphatic carbocycles. The van der Waals surface area contributed by atoms with Gasteiger partial charge in [0.2, 0.25) is 0 Å². The van der Waals surface area contributed by atoms with E-state index in [2.05, 4.69) is 5.16 Å². The molecule has 7 heteroatoms. The number of hydrogen-bond acceptors (Lipinski definition) is 3. The normalized spacial score (nSPS) is 18.4. The Kier molecular flexibility index (Phi) is 3.87. The smallest absolute Gasteiger partial charge is 0.355 e. The standard InChI is InChI=1S/C16H15F3N2O2/c1-10-4-3-7-21(10)15(22)13-9-14(23-20-13)11-5-2-6-12(8-11)16(17,18)19/h2,5-6,8-10H,3-4,7H2,1H3. The minimum atomic E-state index is -4.43. The van der Waals surface area contributed by atoms with E-state index >= 15 is 0 Å². The molecule has 1 saturated heterocycles. The molecule has 3 rings (SSSR count). The number of rotatable bonds is 2. The lowest BCUT2D eigenvalue weighted by molar-refractivity contribution is -0.137. The Balaban J connectivity index is 1.86. The van der Waals surface area contributed by atoms with Crippen LogP contribution in [0.5, 0.6) is 0 Å². The van der Waals surface area contributed by atoms with Crippen LogP contribution in [0.3, 0.4) is 0 Å². The molecule has 2 aromatic rings. The fourth-order valence-electron chi connectivity index (χ4n) is 2.74. The van der Waals surface area contributed by atoms with Gasteiger partial charge in [0.05, 0.1) is 5.56 Å². The molecule has 0 radical (unpaired) electrons. The summed E-state index contributed by atoms with van der Waals surface area (Å²) in [6.07, 6.45) is -2.56. The third-order valence-corrected chi connectivity index (χ3v) is 4.02. The molecule has 1 amide bonds. The zero-order valence-corrected chi connectivity index (χ0v) is 12.4. The number of aromatic nitrogens is 1. The molecular formula is C16H15F3N2O2. The first-order valence-electron chi connectivity index (χ1n) is 7.31. The van der Waals surface area contributed by atoms with Crippen LogP contribution in [0.25, 0.3) is 11.3 Å². The lowest BCUT2D eigenvalue weighted by atomic mass is 10.1. The molecule has 122 valence electrons. The number of alkyl halides is 3. The Morgan fingerprint density at radius 3 is 2.78 bits per heavy atom. The maximum absolute atomic E-state index is 12.8. The Morgan fingerprint density at radius 1 is 1.35 bits per heavy atom. The van der Waals surface area contributed by atoms with Crippen molar-refractivity contribution in [2.75, 3.05) is 6.54 Å². The summed E-state index contributed by atoms with van der Waals surface area (Å²) in [6, 6.07) is 6.28. The van der Waals surface area contributed by atoms with Crippen LogP contribution in [0.2, 0.25) is 0 Å². The van der Waals surface area contributed by atoms with E-state index in [0.717, 1.165) is 25.0 Å². The molecule has 4 nitrogen and oxygen atoms in total. The Bertz CT molecular complexity index is 724. The SMILES string of the molecule is CC1CCCN1C(=O)c1cc(-c2cccc(C(F)(F)F)c2)on1. The van der Waals surface area contributed by atoms with Gasteiger partial charge in [-0.25, -0.2) is 0 Å². The Labute approximate surface area is 130 Å². The van der Waals surface area contributed by atoms with Gasteiger partial charge in [-0.1, -0.05) is 17.3 Å². The Hall–Kier alpha value is -2.31. The largest absolute Gasteiger partial charge is 0.416 e. The van der Waals surface area contributed by atoms with Gasteiger partial charge in [0.1, 0.15) is 0 Å². The minimum absolute atomic E-state index is 0.117. The van der Waals surface area contributed by atoms with E-state index in [1.807, 2.05) is 6.92 Å². The molecule has 1 fully saturated rings. The average Bonchev–Trinajstić information content (AvgIpc) is 3.15. The molecule has 1 atom stereocenters. The fourth-order valence-corrected chi connectivity index (χ4v) is 2.74. The summed E-state index contributed by atoms with van der Waals surface area (Å²) in [7, 11) is 0. The number of carbonyl (C=O) groups excluding carboxylic acids is 1. The second-order valence-electron chi connectivity index (χ2n) is 5.64. The molecule has 1 aromatic carbocycles. The van der Waals surface area contributed by atoms with Crippen molar-refractivity contribution >= 4 is 5.91 Å². The molecular weight excluding hydrogens is 309 g/mol. The first kappa shape index (κ1) is 15.6. The van der Waals surface area contributed by atoms with Crippen molar-refractivity contribution in [1.82, 2.24) is 10.1 Å². The van der Waals surface area contributed by atoms with Crippen LogP contribution >= 0.6 is 0 Å². The third-order valence-electron chi connectivity index (χ3n) is 4.02. The molecule has 1 aliphatic rings. The maximum Gasteiger partial charge on any atom is 0.416 e. The van der Waals surface area contributed by atoms with E-state index in [1.54, 1.807) is 4.90 Å². The second kappa shape index (κ2) is 5.72. The van der Waals surface area contributed by atoms with E-state index in [-0.39, 0.29) is 29.0 Å². The highest BCUT2D eigenvalue weighted by atomic mass is 19.4. The van der Waals surface area contributed by atoms with Crippen LogP contribution in [0.1, 0.15) is 35.8 Å². The molecule has 0 saturated carbocycles. The maximum atomic E-state index is 12.8. The van der Waals surface area contributed by atoms with Gasteiger partial charge in [-0.05, 0) is 31.9 Å². The quantitative estimate of drug-likeness (QED) is 0.839. The van der Waals surface area contributed by atoms with E-state index in [1.165, 1.54) is 18.2 Å². The number of hydrogen-bond donors (Lipinski definition) is 0. The summed E-state index contributed by atoms with van der Waals surface area (Å²) in [5.41, 5.74) is -0.417. The summed E-state index contributed by atoms with van der Waals surface area (Å²) in [6.45, 7) is 2.62. The minimum Gasteiger partial charge on any atom is -0.355 e. The highest BCUT2D eigenvalue weighted by Crippen LogP contribution is 2.32. The summed E-state index contributed by atoms with van der Waals surface area (Å²) in [5, 5.41) is 3.72. The number of amides is 1. The molecule has 23 heavy (non-hydrogen) atoms.